The number of carbonyl (C=O) groups is 1. The van der Waals surface area contributed by atoms with Crippen molar-refractivity contribution in [2.24, 2.45) is 0 Å². The van der Waals surface area contributed by atoms with E-state index in [1.165, 1.54) is 0 Å². The van der Waals surface area contributed by atoms with E-state index in [-0.39, 0.29) is 11.8 Å². The van der Waals surface area contributed by atoms with Gasteiger partial charge in [-0.1, -0.05) is 17.3 Å². The van der Waals surface area contributed by atoms with Crippen LogP contribution in [0.1, 0.15) is 35.1 Å². The van der Waals surface area contributed by atoms with Crippen molar-refractivity contribution in [3.05, 3.63) is 66.6 Å². The lowest BCUT2D eigenvalue weighted by atomic mass is 9.96. The summed E-state index contributed by atoms with van der Waals surface area (Å²) in [7, 11) is 0. The fourth-order valence-corrected chi connectivity index (χ4v) is 3.57. The molecule has 3 aromatic heterocycles. The normalized spacial score (nSPS) is 15.0. The Bertz CT molecular complexity index is 1150. The average Bonchev–Trinajstić information content (AvgIpc) is 3.29. The number of hydrogen-bond acceptors (Lipinski definition) is 7. The van der Waals surface area contributed by atoms with Gasteiger partial charge in [0.25, 0.3) is 5.91 Å². The molecule has 1 fully saturated rings. The molecular formula is C21H18N6O2. The van der Waals surface area contributed by atoms with Crippen LogP contribution in [0, 0.1) is 0 Å². The molecule has 8 heteroatoms. The molecule has 1 aliphatic heterocycles. The van der Waals surface area contributed by atoms with Crippen molar-refractivity contribution in [1.29, 1.82) is 0 Å². The number of aromatic nitrogens is 5. The largest absolute Gasteiger partial charge is 0.339 e. The van der Waals surface area contributed by atoms with Crippen LogP contribution in [0.25, 0.3) is 22.4 Å². The maximum absolute atomic E-state index is 12.8. The summed E-state index contributed by atoms with van der Waals surface area (Å²) in [6.07, 6.45) is 6.49. The summed E-state index contributed by atoms with van der Waals surface area (Å²) < 4.78 is 5.48. The lowest BCUT2D eigenvalue weighted by molar-refractivity contribution is 0.0698. The van der Waals surface area contributed by atoms with Gasteiger partial charge in [-0.3, -0.25) is 14.8 Å². The van der Waals surface area contributed by atoms with Gasteiger partial charge in [-0.25, -0.2) is 4.98 Å². The molecule has 8 nitrogen and oxygen atoms in total. The summed E-state index contributed by atoms with van der Waals surface area (Å²) in [4.78, 5) is 32.0. The molecule has 29 heavy (non-hydrogen) atoms. The highest BCUT2D eigenvalue weighted by atomic mass is 16.5. The fourth-order valence-electron chi connectivity index (χ4n) is 3.57. The summed E-state index contributed by atoms with van der Waals surface area (Å²) in [5, 5.41) is 4.08. The smallest absolute Gasteiger partial charge is 0.274 e. The minimum absolute atomic E-state index is 0.0929. The molecule has 4 aromatic rings. The number of benzene rings is 1. The first-order valence-electron chi connectivity index (χ1n) is 9.53. The highest BCUT2D eigenvalue weighted by molar-refractivity contribution is 5.93. The van der Waals surface area contributed by atoms with E-state index in [2.05, 4.69) is 25.1 Å². The van der Waals surface area contributed by atoms with E-state index in [4.69, 9.17) is 4.52 Å². The van der Waals surface area contributed by atoms with Crippen LogP contribution in [0.15, 0.2) is 59.5 Å². The Balaban J connectivity index is 1.26. The molecule has 5 rings (SSSR count). The van der Waals surface area contributed by atoms with Gasteiger partial charge in [0, 0.05) is 37.0 Å². The number of carbonyl (C=O) groups excluding carboxylic acids is 1. The number of amides is 1. The zero-order valence-electron chi connectivity index (χ0n) is 15.6. The van der Waals surface area contributed by atoms with Gasteiger partial charge in [-0.2, -0.15) is 4.98 Å². The molecule has 0 N–H and O–H groups in total. The Kier molecular flexibility index (Phi) is 4.44. The predicted molar refractivity (Wildman–Crippen MR) is 105 cm³/mol. The van der Waals surface area contributed by atoms with Crippen molar-refractivity contribution >= 4 is 16.9 Å². The van der Waals surface area contributed by atoms with Crippen LogP contribution in [0.3, 0.4) is 0 Å². The summed E-state index contributed by atoms with van der Waals surface area (Å²) in [6.45, 7) is 1.23. The lowest BCUT2D eigenvalue weighted by Crippen LogP contribution is -2.38. The predicted octanol–water partition coefficient (Wildman–Crippen LogP) is 3.09. The van der Waals surface area contributed by atoms with Crippen LogP contribution in [-0.4, -0.2) is 49.0 Å². The number of nitrogens with zero attached hydrogens (tertiary/aromatic N) is 6. The minimum Gasteiger partial charge on any atom is -0.339 e. The number of likely N-dealkylation sites (tertiary alicyclic amines) is 1. The van der Waals surface area contributed by atoms with E-state index in [0.717, 1.165) is 29.4 Å². The summed E-state index contributed by atoms with van der Waals surface area (Å²) >= 11 is 0. The van der Waals surface area contributed by atoms with Crippen molar-refractivity contribution in [2.75, 3.05) is 13.1 Å². The molecule has 1 amide bonds. The van der Waals surface area contributed by atoms with Crippen LogP contribution >= 0.6 is 0 Å². The highest BCUT2D eigenvalue weighted by Gasteiger charge is 2.28. The standard InChI is InChI=1S/C21H18N6O2/c28-21(18-13-23-16-3-1-2-4-17(16)24-18)27-11-7-15(8-12-27)20-25-19(26-29-20)14-5-9-22-10-6-14/h1-6,9-10,13,15H,7-8,11-12H2. The molecule has 0 bridgehead atoms. The number of fused-ring (bicyclic) bond motifs is 1. The summed E-state index contributed by atoms with van der Waals surface area (Å²) in [5.74, 6) is 1.23. The SMILES string of the molecule is O=C(c1cnc2ccccc2n1)N1CCC(c2nc(-c3ccncc3)no2)CC1. The Morgan fingerprint density at radius 1 is 1.00 bits per heavy atom. The minimum atomic E-state index is -0.0929. The van der Waals surface area contributed by atoms with Crippen molar-refractivity contribution in [1.82, 2.24) is 30.0 Å². The van der Waals surface area contributed by atoms with E-state index < -0.39 is 0 Å². The topological polar surface area (TPSA) is 97.9 Å². The van der Waals surface area contributed by atoms with E-state index in [9.17, 15) is 4.79 Å². The Morgan fingerprint density at radius 3 is 2.55 bits per heavy atom. The molecule has 0 atom stereocenters. The molecular weight excluding hydrogens is 368 g/mol. The highest BCUT2D eigenvalue weighted by Crippen LogP contribution is 2.29. The zero-order valence-corrected chi connectivity index (χ0v) is 15.6. The van der Waals surface area contributed by atoms with Gasteiger partial charge in [-0.15, -0.1) is 0 Å². The molecule has 144 valence electrons. The third-order valence-electron chi connectivity index (χ3n) is 5.18. The first-order chi connectivity index (χ1) is 14.3. The number of hydrogen-bond donors (Lipinski definition) is 0. The van der Waals surface area contributed by atoms with Gasteiger partial charge in [0.05, 0.1) is 17.2 Å². The van der Waals surface area contributed by atoms with Gasteiger partial charge >= 0.3 is 0 Å². The van der Waals surface area contributed by atoms with Crippen LogP contribution in [-0.2, 0) is 0 Å². The summed E-state index contributed by atoms with van der Waals surface area (Å²) in [6, 6.07) is 11.2. The van der Waals surface area contributed by atoms with E-state index in [0.29, 0.717) is 30.5 Å². The van der Waals surface area contributed by atoms with Crippen LogP contribution in [0.5, 0.6) is 0 Å². The van der Waals surface area contributed by atoms with Gasteiger partial charge in [-0.05, 0) is 37.1 Å². The average molecular weight is 386 g/mol. The number of pyridine rings is 1. The number of piperidine rings is 1. The molecule has 0 aliphatic carbocycles. The monoisotopic (exact) mass is 386 g/mol. The quantitative estimate of drug-likeness (QED) is 0.533. The second-order valence-electron chi connectivity index (χ2n) is 7.00. The van der Waals surface area contributed by atoms with Crippen molar-refractivity contribution in [2.45, 2.75) is 18.8 Å². The van der Waals surface area contributed by atoms with Gasteiger partial charge < -0.3 is 9.42 Å². The third-order valence-corrected chi connectivity index (χ3v) is 5.18. The van der Waals surface area contributed by atoms with Crippen LogP contribution < -0.4 is 0 Å². The molecule has 0 unspecified atom stereocenters. The fraction of sp³-hybridized carbons (Fsp3) is 0.238. The summed E-state index contributed by atoms with van der Waals surface area (Å²) in [5.41, 5.74) is 2.75. The number of para-hydroxylation sites is 2. The zero-order chi connectivity index (χ0) is 19.6. The van der Waals surface area contributed by atoms with Crippen LogP contribution in [0.2, 0.25) is 0 Å². The molecule has 0 radical (unpaired) electrons. The Hall–Kier alpha value is -3.68. The molecule has 1 saturated heterocycles. The second-order valence-corrected chi connectivity index (χ2v) is 7.00. The van der Waals surface area contributed by atoms with Gasteiger partial charge in [0.2, 0.25) is 11.7 Å². The first-order valence-corrected chi connectivity index (χ1v) is 9.53. The molecule has 0 spiro atoms. The Labute approximate surface area is 166 Å². The van der Waals surface area contributed by atoms with Gasteiger partial charge in [0.1, 0.15) is 5.69 Å². The third kappa shape index (κ3) is 3.44. The van der Waals surface area contributed by atoms with Crippen LogP contribution in [0.4, 0.5) is 0 Å². The maximum atomic E-state index is 12.8. The Morgan fingerprint density at radius 2 is 1.76 bits per heavy atom. The maximum Gasteiger partial charge on any atom is 0.274 e. The molecule has 1 aliphatic rings. The number of rotatable bonds is 3. The first kappa shape index (κ1) is 17.4. The van der Waals surface area contributed by atoms with Crippen molar-refractivity contribution in [3.8, 4) is 11.4 Å². The van der Waals surface area contributed by atoms with E-state index in [1.807, 2.05) is 41.3 Å². The van der Waals surface area contributed by atoms with E-state index in [1.54, 1.807) is 18.6 Å². The molecule has 0 saturated carbocycles. The molecule has 1 aromatic carbocycles. The lowest BCUT2D eigenvalue weighted by Gasteiger charge is -2.30. The van der Waals surface area contributed by atoms with Gasteiger partial charge in [0.15, 0.2) is 0 Å². The second kappa shape index (κ2) is 7.38. The van der Waals surface area contributed by atoms with Crippen molar-refractivity contribution < 1.29 is 9.32 Å². The van der Waals surface area contributed by atoms with E-state index >= 15 is 0 Å². The molecule has 4 heterocycles. The van der Waals surface area contributed by atoms with Crippen molar-refractivity contribution in [3.63, 3.8) is 0 Å².